The predicted octanol–water partition coefficient (Wildman–Crippen LogP) is 10.8. The molecule has 1 atom stereocenters. The summed E-state index contributed by atoms with van der Waals surface area (Å²) in [4.78, 5) is 0. The lowest BCUT2D eigenvalue weighted by atomic mass is 9.92. The number of nitrogens with zero attached hydrogens (tertiary/aromatic N) is 2. The fourth-order valence-electron chi connectivity index (χ4n) is 5.44. The summed E-state index contributed by atoms with van der Waals surface area (Å²) in [6, 6.07) is 13.1. The number of rotatable bonds is 7. The van der Waals surface area contributed by atoms with Gasteiger partial charge in [0, 0.05) is 22.8 Å². The van der Waals surface area contributed by atoms with Crippen LogP contribution in [0.2, 0.25) is 0 Å². The molecule has 0 amide bonds. The first-order valence-electron chi connectivity index (χ1n) is 13.4. The van der Waals surface area contributed by atoms with Crippen LogP contribution in [-0.2, 0) is 0 Å². The van der Waals surface area contributed by atoms with E-state index in [9.17, 15) is 0 Å². The standard InChI is InChI=1S/C31H43Cl3N2Si/c1-19(2)25-14-12-15-26(20(3)4)29(25)35-23(9)18-24(10)36(37(35,34)31(11,32)33)30-27(21(5)6)16-13-17-28(30)22(7)8/h12-22H,9H2,1-8,10-11H3/t37-/m1/s1. The van der Waals surface area contributed by atoms with Gasteiger partial charge in [0.1, 0.15) is 0 Å². The van der Waals surface area contributed by atoms with E-state index in [2.05, 4.69) is 120 Å². The molecule has 0 saturated heterocycles. The molecule has 0 unspecified atom stereocenters. The number of benzene rings is 2. The predicted molar refractivity (Wildman–Crippen MR) is 169 cm³/mol. The Hall–Kier alpha value is -1.39. The minimum atomic E-state index is -3.51. The van der Waals surface area contributed by atoms with Gasteiger partial charge in [-0.1, -0.05) is 122 Å². The molecule has 0 saturated carbocycles. The number of alkyl halides is 2. The summed E-state index contributed by atoms with van der Waals surface area (Å²) >= 11 is 22.6. The van der Waals surface area contributed by atoms with Gasteiger partial charge < -0.3 is 9.13 Å². The summed E-state index contributed by atoms with van der Waals surface area (Å²) in [7, 11) is -3.51. The highest BCUT2D eigenvalue weighted by Gasteiger charge is 2.63. The van der Waals surface area contributed by atoms with Crippen LogP contribution < -0.4 is 9.13 Å². The highest BCUT2D eigenvalue weighted by molar-refractivity contribution is 7.31. The Kier molecular flexibility index (Phi) is 8.96. The second kappa shape index (κ2) is 11.0. The van der Waals surface area contributed by atoms with Crippen LogP contribution >= 0.6 is 34.3 Å². The zero-order valence-corrected chi connectivity index (χ0v) is 27.4. The lowest BCUT2D eigenvalue weighted by Gasteiger charge is -2.55. The third-order valence-electron chi connectivity index (χ3n) is 7.30. The van der Waals surface area contributed by atoms with E-state index in [1.165, 1.54) is 22.3 Å². The van der Waals surface area contributed by atoms with Crippen LogP contribution in [0.25, 0.3) is 0 Å². The zero-order chi connectivity index (χ0) is 28.0. The van der Waals surface area contributed by atoms with Crippen molar-refractivity contribution in [3.8, 4) is 0 Å². The van der Waals surface area contributed by atoms with E-state index >= 15 is 0 Å². The lowest BCUT2D eigenvalue weighted by Crippen LogP contribution is -2.72. The van der Waals surface area contributed by atoms with Crippen LogP contribution in [0.4, 0.5) is 11.4 Å². The van der Waals surface area contributed by atoms with Gasteiger partial charge in [-0.15, -0.1) is 11.1 Å². The molecule has 2 aromatic rings. The van der Waals surface area contributed by atoms with Crippen molar-refractivity contribution in [2.24, 2.45) is 0 Å². The first kappa shape index (κ1) is 30.2. The second-order valence-corrected chi connectivity index (χ2v) is 18.6. The van der Waals surface area contributed by atoms with E-state index in [1.807, 2.05) is 6.92 Å². The number of anilines is 2. The minimum Gasteiger partial charge on any atom is -0.340 e. The zero-order valence-electron chi connectivity index (χ0n) is 24.1. The summed E-state index contributed by atoms with van der Waals surface area (Å²) < 4.78 is 3.27. The van der Waals surface area contributed by atoms with Crippen molar-refractivity contribution >= 4 is 53.4 Å². The second-order valence-electron chi connectivity index (χ2n) is 11.6. The van der Waals surface area contributed by atoms with E-state index in [1.54, 1.807) is 0 Å². The van der Waals surface area contributed by atoms with Crippen LogP contribution in [-0.4, -0.2) is 11.7 Å². The summed E-state index contributed by atoms with van der Waals surface area (Å²) in [6.45, 7) is 26.3. The fourth-order valence-corrected chi connectivity index (χ4v) is 10.8. The Balaban J connectivity index is 2.53. The molecular weight excluding hydrogens is 535 g/mol. The van der Waals surface area contributed by atoms with E-state index in [4.69, 9.17) is 34.3 Å². The molecule has 1 aliphatic rings. The van der Waals surface area contributed by atoms with Crippen LogP contribution in [0.15, 0.2) is 60.4 Å². The minimum absolute atomic E-state index is 0.281. The molecule has 6 heteroatoms. The molecule has 0 N–H and O–H groups in total. The van der Waals surface area contributed by atoms with Gasteiger partial charge in [-0.25, -0.2) is 0 Å². The normalized spacial score (nSPS) is 19.1. The maximum absolute atomic E-state index is 8.07. The molecule has 1 heterocycles. The van der Waals surface area contributed by atoms with Crippen molar-refractivity contribution in [3.63, 3.8) is 0 Å². The third-order valence-corrected chi connectivity index (χ3v) is 15.0. The van der Waals surface area contributed by atoms with Crippen molar-refractivity contribution in [2.75, 3.05) is 9.13 Å². The Morgan fingerprint density at radius 3 is 1.32 bits per heavy atom. The highest BCUT2D eigenvalue weighted by atomic mass is 35.6. The summed E-state index contributed by atoms with van der Waals surface area (Å²) in [5.74, 6) is 1.15. The van der Waals surface area contributed by atoms with Crippen molar-refractivity contribution in [3.05, 3.63) is 82.7 Å². The van der Waals surface area contributed by atoms with Crippen LogP contribution in [0.1, 0.15) is 115 Å². The average molecular weight is 578 g/mol. The molecular formula is C31H43Cl3N2Si. The number of para-hydroxylation sites is 2. The monoisotopic (exact) mass is 576 g/mol. The molecule has 1 aliphatic heterocycles. The lowest BCUT2D eigenvalue weighted by molar-refractivity contribution is 0.819. The number of hydrogen-bond acceptors (Lipinski definition) is 2. The summed E-state index contributed by atoms with van der Waals surface area (Å²) in [5, 5.41) is 0. The molecule has 37 heavy (non-hydrogen) atoms. The molecule has 202 valence electrons. The first-order valence-corrected chi connectivity index (χ1v) is 17.0. The van der Waals surface area contributed by atoms with Gasteiger partial charge in [0.05, 0.1) is 0 Å². The quantitative estimate of drug-likeness (QED) is 0.183. The maximum atomic E-state index is 8.07. The molecule has 3 rings (SSSR count). The Morgan fingerprint density at radius 2 is 1.03 bits per heavy atom. The first-order chi connectivity index (χ1) is 17.1. The van der Waals surface area contributed by atoms with Crippen molar-refractivity contribution in [1.29, 1.82) is 0 Å². The number of allylic oxidation sites excluding steroid dienone is 2. The highest BCUT2D eigenvalue weighted by Crippen LogP contribution is 2.54. The molecule has 0 aliphatic carbocycles. The van der Waals surface area contributed by atoms with Crippen molar-refractivity contribution in [2.45, 2.75) is 96.9 Å². The third kappa shape index (κ3) is 5.26. The van der Waals surface area contributed by atoms with E-state index in [-0.39, 0.29) is 11.8 Å². The van der Waals surface area contributed by atoms with Crippen LogP contribution in [0.5, 0.6) is 0 Å². The molecule has 0 radical (unpaired) electrons. The number of hydrogen-bond donors (Lipinski definition) is 0. The van der Waals surface area contributed by atoms with Gasteiger partial charge in [-0.3, -0.25) is 0 Å². The molecule has 0 fully saturated rings. The van der Waals surface area contributed by atoms with Crippen LogP contribution in [0, 0.1) is 0 Å². The Labute approximate surface area is 241 Å². The Morgan fingerprint density at radius 1 is 0.703 bits per heavy atom. The van der Waals surface area contributed by atoms with E-state index < -0.39 is 11.7 Å². The SMILES string of the molecule is C=C1C=C(C)N(c2c(C(C)C)cccc2C(C)C)[Si@@](Cl)(C(C)(Cl)Cl)N1c1c(C(C)C)cccc1C(C)C. The van der Waals surface area contributed by atoms with Gasteiger partial charge in [0.15, 0.2) is 3.96 Å². The van der Waals surface area contributed by atoms with Crippen molar-refractivity contribution in [1.82, 2.24) is 0 Å². The van der Waals surface area contributed by atoms with Gasteiger partial charge >= 0.3 is 7.71 Å². The smallest absolute Gasteiger partial charge is 0.340 e. The van der Waals surface area contributed by atoms with Gasteiger partial charge in [0.25, 0.3) is 0 Å². The van der Waals surface area contributed by atoms with Crippen molar-refractivity contribution < 1.29 is 0 Å². The maximum Gasteiger partial charge on any atom is 0.411 e. The molecule has 0 spiro atoms. The van der Waals surface area contributed by atoms with Crippen LogP contribution in [0.3, 0.4) is 0 Å². The molecule has 0 bridgehead atoms. The topological polar surface area (TPSA) is 6.48 Å². The molecule has 0 aromatic heterocycles. The average Bonchev–Trinajstić information content (AvgIpc) is 2.77. The van der Waals surface area contributed by atoms with E-state index in [0.29, 0.717) is 11.8 Å². The fraction of sp³-hybridized carbons (Fsp3) is 0.484. The van der Waals surface area contributed by atoms with Gasteiger partial charge in [-0.05, 0) is 65.8 Å². The van der Waals surface area contributed by atoms with Gasteiger partial charge in [0.2, 0.25) is 0 Å². The molecule has 2 aromatic carbocycles. The summed E-state index contributed by atoms with van der Waals surface area (Å²) in [5.41, 5.74) is 8.97. The largest absolute Gasteiger partial charge is 0.411 e. The summed E-state index contributed by atoms with van der Waals surface area (Å²) in [6.07, 6.45) is 2.13. The van der Waals surface area contributed by atoms with E-state index in [0.717, 1.165) is 22.8 Å². The van der Waals surface area contributed by atoms with Gasteiger partial charge in [-0.2, -0.15) is 0 Å². The number of halogens is 3. The molecule has 2 nitrogen and oxygen atoms in total. The Bertz CT molecular complexity index is 1140.